The van der Waals surface area contributed by atoms with Crippen molar-refractivity contribution in [2.45, 2.75) is 6.92 Å². The third kappa shape index (κ3) is 5.00. The summed E-state index contributed by atoms with van der Waals surface area (Å²) >= 11 is 5.85. The van der Waals surface area contributed by atoms with Crippen LogP contribution in [0.25, 0.3) is 0 Å². The molecular formula is C16H16ClNO3. The van der Waals surface area contributed by atoms with Gasteiger partial charge >= 0.3 is 0 Å². The number of ether oxygens (including phenoxy) is 2. The number of hydrogen-bond donors (Lipinski definition) is 1. The molecule has 2 aromatic carbocycles. The second-order valence-corrected chi connectivity index (χ2v) is 4.69. The second-order valence-electron chi connectivity index (χ2n) is 4.26. The Kier molecular flexibility index (Phi) is 5.46. The molecule has 0 bridgehead atoms. The van der Waals surface area contributed by atoms with Gasteiger partial charge in [0.1, 0.15) is 11.5 Å². The molecule has 1 amide bonds. The topological polar surface area (TPSA) is 47.6 Å². The normalized spacial score (nSPS) is 10.0. The maximum atomic E-state index is 11.8. The molecule has 21 heavy (non-hydrogen) atoms. The van der Waals surface area contributed by atoms with Gasteiger partial charge in [-0.2, -0.15) is 0 Å². The Labute approximate surface area is 128 Å². The van der Waals surface area contributed by atoms with E-state index >= 15 is 0 Å². The summed E-state index contributed by atoms with van der Waals surface area (Å²) in [6.07, 6.45) is 0. The summed E-state index contributed by atoms with van der Waals surface area (Å²) in [4.78, 5) is 11.8. The first-order valence-corrected chi connectivity index (χ1v) is 6.96. The molecule has 0 heterocycles. The van der Waals surface area contributed by atoms with Crippen LogP contribution in [0.3, 0.4) is 0 Å². The van der Waals surface area contributed by atoms with Gasteiger partial charge < -0.3 is 14.8 Å². The number of rotatable bonds is 6. The third-order valence-electron chi connectivity index (χ3n) is 2.59. The minimum absolute atomic E-state index is 0.0813. The van der Waals surface area contributed by atoms with Gasteiger partial charge in [-0.1, -0.05) is 23.7 Å². The Morgan fingerprint density at radius 3 is 2.52 bits per heavy atom. The van der Waals surface area contributed by atoms with Crippen LogP contribution in [0, 0.1) is 0 Å². The Bertz CT molecular complexity index is 616. The number of amides is 1. The molecule has 0 aliphatic carbocycles. The highest BCUT2D eigenvalue weighted by Crippen LogP contribution is 2.19. The van der Waals surface area contributed by atoms with Gasteiger partial charge in [-0.05, 0) is 37.3 Å². The molecule has 0 atom stereocenters. The predicted octanol–water partition coefficient (Wildman–Crippen LogP) is 3.76. The van der Waals surface area contributed by atoms with Crippen LogP contribution in [0.4, 0.5) is 5.69 Å². The summed E-state index contributed by atoms with van der Waals surface area (Å²) in [7, 11) is 0. The first-order valence-electron chi connectivity index (χ1n) is 6.58. The smallest absolute Gasteiger partial charge is 0.262 e. The lowest BCUT2D eigenvalue weighted by Gasteiger charge is -2.09. The van der Waals surface area contributed by atoms with Crippen molar-refractivity contribution in [1.82, 2.24) is 0 Å². The van der Waals surface area contributed by atoms with Crippen molar-refractivity contribution in [3.05, 3.63) is 53.6 Å². The highest BCUT2D eigenvalue weighted by atomic mass is 35.5. The molecule has 0 aliphatic rings. The van der Waals surface area contributed by atoms with Gasteiger partial charge in [-0.3, -0.25) is 4.79 Å². The number of nitrogens with one attached hydrogen (secondary N) is 1. The fraction of sp³-hybridized carbons (Fsp3) is 0.188. The van der Waals surface area contributed by atoms with Gasteiger partial charge in [0, 0.05) is 16.8 Å². The summed E-state index contributed by atoms with van der Waals surface area (Å²) in [6, 6.07) is 14.1. The summed E-state index contributed by atoms with van der Waals surface area (Å²) in [6.45, 7) is 2.41. The zero-order valence-electron chi connectivity index (χ0n) is 11.6. The maximum Gasteiger partial charge on any atom is 0.262 e. The second kappa shape index (κ2) is 7.55. The van der Waals surface area contributed by atoms with Crippen molar-refractivity contribution in [3.8, 4) is 11.5 Å². The Balaban J connectivity index is 1.87. The average Bonchev–Trinajstić information content (AvgIpc) is 2.46. The standard InChI is InChI=1S/C16H16ClNO3/c1-2-20-14-7-4-8-15(10-14)21-11-16(19)18-13-6-3-5-12(17)9-13/h3-10H,2,11H2,1H3,(H,18,19). The Morgan fingerprint density at radius 2 is 1.81 bits per heavy atom. The van der Waals surface area contributed by atoms with Crippen molar-refractivity contribution < 1.29 is 14.3 Å². The summed E-state index contributed by atoms with van der Waals surface area (Å²) in [5.74, 6) is 1.05. The van der Waals surface area contributed by atoms with Gasteiger partial charge in [0.2, 0.25) is 0 Å². The molecule has 1 N–H and O–H groups in total. The van der Waals surface area contributed by atoms with Crippen molar-refractivity contribution in [2.24, 2.45) is 0 Å². The van der Waals surface area contributed by atoms with Crippen LogP contribution >= 0.6 is 11.6 Å². The average molecular weight is 306 g/mol. The lowest BCUT2D eigenvalue weighted by molar-refractivity contribution is -0.118. The molecule has 2 rings (SSSR count). The van der Waals surface area contributed by atoms with E-state index in [1.54, 1.807) is 36.4 Å². The Morgan fingerprint density at radius 1 is 1.10 bits per heavy atom. The number of carbonyl (C=O) groups excluding carboxylic acids is 1. The van der Waals surface area contributed by atoms with E-state index in [4.69, 9.17) is 21.1 Å². The summed E-state index contributed by atoms with van der Waals surface area (Å²) in [5.41, 5.74) is 0.638. The minimum Gasteiger partial charge on any atom is -0.494 e. The van der Waals surface area contributed by atoms with Crippen LogP contribution < -0.4 is 14.8 Å². The van der Waals surface area contributed by atoms with E-state index in [9.17, 15) is 4.79 Å². The van der Waals surface area contributed by atoms with E-state index in [0.29, 0.717) is 28.8 Å². The number of benzene rings is 2. The SMILES string of the molecule is CCOc1cccc(OCC(=O)Nc2cccc(Cl)c2)c1. The van der Waals surface area contributed by atoms with Gasteiger partial charge in [0.25, 0.3) is 5.91 Å². The van der Waals surface area contributed by atoms with Crippen LogP contribution in [0.2, 0.25) is 5.02 Å². The van der Waals surface area contributed by atoms with Crippen LogP contribution in [-0.2, 0) is 4.79 Å². The van der Waals surface area contributed by atoms with Crippen molar-refractivity contribution in [3.63, 3.8) is 0 Å². The van der Waals surface area contributed by atoms with Crippen LogP contribution in [-0.4, -0.2) is 19.1 Å². The molecule has 0 fully saturated rings. The minimum atomic E-state index is -0.251. The molecule has 4 nitrogen and oxygen atoms in total. The van der Waals surface area contributed by atoms with Crippen LogP contribution in [0.1, 0.15) is 6.92 Å². The van der Waals surface area contributed by atoms with Crippen LogP contribution in [0.15, 0.2) is 48.5 Å². The molecule has 2 aromatic rings. The quantitative estimate of drug-likeness (QED) is 0.884. The first kappa shape index (κ1) is 15.2. The fourth-order valence-corrected chi connectivity index (χ4v) is 1.92. The molecule has 0 aromatic heterocycles. The number of hydrogen-bond acceptors (Lipinski definition) is 3. The number of halogens is 1. The van der Waals surface area contributed by atoms with Crippen molar-refractivity contribution >= 4 is 23.2 Å². The predicted molar refractivity (Wildman–Crippen MR) is 83.2 cm³/mol. The number of carbonyl (C=O) groups is 1. The van der Waals surface area contributed by atoms with E-state index in [2.05, 4.69) is 5.32 Å². The van der Waals surface area contributed by atoms with E-state index in [0.717, 1.165) is 0 Å². The monoisotopic (exact) mass is 305 g/mol. The zero-order valence-corrected chi connectivity index (χ0v) is 12.4. The van der Waals surface area contributed by atoms with Gasteiger partial charge in [0.15, 0.2) is 6.61 Å². The van der Waals surface area contributed by atoms with E-state index < -0.39 is 0 Å². The molecule has 0 radical (unpaired) electrons. The molecular weight excluding hydrogens is 290 g/mol. The highest BCUT2D eigenvalue weighted by Gasteiger charge is 2.05. The third-order valence-corrected chi connectivity index (χ3v) is 2.83. The molecule has 0 saturated carbocycles. The first-order chi connectivity index (χ1) is 10.2. The van der Waals surface area contributed by atoms with Gasteiger partial charge in [0.05, 0.1) is 6.61 Å². The summed E-state index contributed by atoms with van der Waals surface area (Å²) < 4.78 is 10.8. The lowest BCUT2D eigenvalue weighted by atomic mass is 10.3. The molecule has 110 valence electrons. The fourth-order valence-electron chi connectivity index (χ4n) is 1.73. The maximum absolute atomic E-state index is 11.8. The van der Waals surface area contributed by atoms with Crippen LogP contribution in [0.5, 0.6) is 11.5 Å². The van der Waals surface area contributed by atoms with Crippen molar-refractivity contribution in [1.29, 1.82) is 0 Å². The molecule has 0 unspecified atom stereocenters. The van der Waals surface area contributed by atoms with E-state index in [1.165, 1.54) is 0 Å². The van der Waals surface area contributed by atoms with Gasteiger partial charge in [-0.15, -0.1) is 0 Å². The lowest BCUT2D eigenvalue weighted by Crippen LogP contribution is -2.20. The molecule has 5 heteroatoms. The van der Waals surface area contributed by atoms with E-state index in [-0.39, 0.29) is 12.5 Å². The number of anilines is 1. The highest BCUT2D eigenvalue weighted by molar-refractivity contribution is 6.30. The summed E-state index contributed by atoms with van der Waals surface area (Å²) in [5, 5.41) is 3.28. The van der Waals surface area contributed by atoms with Gasteiger partial charge in [-0.25, -0.2) is 0 Å². The molecule has 0 aliphatic heterocycles. The zero-order chi connectivity index (χ0) is 15.1. The van der Waals surface area contributed by atoms with E-state index in [1.807, 2.05) is 19.1 Å². The Hall–Kier alpha value is -2.20. The molecule has 0 saturated heterocycles. The van der Waals surface area contributed by atoms with Crippen molar-refractivity contribution in [2.75, 3.05) is 18.5 Å². The largest absolute Gasteiger partial charge is 0.494 e. The molecule has 0 spiro atoms.